The minimum absolute atomic E-state index is 0.0417. The SMILES string of the molecule is NC(=O)c1cnc2[nH]ccc2c1NC1C[C@H]2CC[C@@H](C1)N2c1ncccc1[N+](=O)[O-]. The van der Waals surface area contributed by atoms with Crippen LogP contribution in [-0.2, 0) is 0 Å². The monoisotopic (exact) mass is 407 g/mol. The Hall–Kier alpha value is -3.69. The summed E-state index contributed by atoms with van der Waals surface area (Å²) in [5.41, 5.74) is 7.36. The van der Waals surface area contributed by atoms with Crippen molar-refractivity contribution in [1.82, 2.24) is 15.0 Å². The number of carbonyl (C=O) groups is 1. The highest BCUT2D eigenvalue weighted by molar-refractivity contribution is 6.06. The number of nitrogens with one attached hydrogen (secondary N) is 2. The van der Waals surface area contributed by atoms with Crippen LogP contribution in [0.3, 0.4) is 0 Å². The Morgan fingerprint density at radius 1 is 1.27 bits per heavy atom. The van der Waals surface area contributed by atoms with Crippen LogP contribution < -0.4 is 16.0 Å². The molecule has 0 spiro atoms. The third kappa shape index (κ3) is 2.92. The van der Waals surface area contributed by atoms with Crippen molar-refractivity contribution >= 4 is 34.1 Å². The van der Waals surface area contributed by atoms with E-state index in [1.54, 1.807) is 18.5 Å². The van der Waals surface area contributed by atoms with Crippen molar-refractivity contribution in [2.75, 3.05) is 10.2 Å². The summed E-state index contributed by atoms with van der Waals surface area (Å²) in [6, 6.07) is 5.38. The van der Waals surface area contributed by atoms with Crippen LogP contribution in [0.4, 0.5) is 17.2 Å². The van der Waals surface area contributed by atoms with Gasteiger partial charge in [-0.05, 0) is 37.8 Å². The maximum atomic E-state index is 12.0. The van der Waals surface area contributed by atoms with E-state index in [1.807, 2.05) is 6.07 Å². The van der Waals surface area contributed by atoms with Crippen molar-refractivity contribution in [1.29, 1.82) is 0 Å². The number of nitrogens with two attached hydrogens (primary N) is 1. The molecule has 2 fully saturated rings. The molecular formula is C20H21N7O3. The molecule has 30 heavy (non-hydrogen) atoms. The van der Waals surface area contributed by atoms with Crippen molar-refractivity contribution in [3.63, 3.8) is 0 Å². The van der Waals surface area contributed by atoms with E-state index in [0.717, 1.165) is 31.1 Å². The van der Waals surface area contributed by atoms with E-state index in [-0.39, 0.29) is 28.7 Å². The first kappa shape index (κ1) is 18.3. The summed E-state index contributed by atoms with van der Waals surface area (Å²) in [6.45, 7) is 0. The molecule has 10 nitrogen and oxygen atoms in total. The molecule has 0 saturated carbocycles. The van der Waals surface area contributed by atoms with E-state index in [1.165, 1.54) is 12.3 Å². The molecule has 1 unspecified atom stereocenters. The predicted octanol–water partition coefficient (Wildman–Crippen LogP) is 2.58. The van der Waals surface area contributed by atoms with Gasteiger partial charge in [0.2, 0.25) is 5.82 Å². The van der Waals surface area contributed by atoms with Crippen molar-refractivity contribution < 1.29 is 9.72 Å². The van der Waals surface area contributed by atoms with Gasteiger partial charge in [0.05, 0.1) is 16.2 Å². The number of hydrogen-bond donors (Lipinski definition) is 3. The summed E-state index contributed by atoms with van der Waals surface area (Å²) in [4.78, 5) is 36.8. The van der Waals surface area contributed by atoms with Gasteiger partial charge in [0, 0.05) is 48.2 Å². The van der Waals surface area contributed by atoms with E-state index in [9.17, 15) is 14.9 Å². The number of piperidine rings is 1. The molecule has 1 amide bonds. The molecule has 3 aromatic rings. The molecule has 2 aliphatic heterocycles. The topological polar surface area (TPSA) is 143 Å². The number of anilines is 2. The first-order valence-electron chi connectivity index (χ1n) is 9.93. The van der Waals surface area contributed by atoms with Gasteiger partial charge in [-0.1, -0.05) is 0 Å². The number of aromatic amines is 1. The molecule has 0 radical (unpaired) electrons. The van der Waals surface area contributed by atoms with Gasteiger partial charge in [0.25, 0.3) is 5.91 Å². The first-order valence-corrected chi connectivity index (χ1v) is 9.93. The minimum atomic E-state index is -0.530. The van der Waals surface area contributed by atoms with Crippen LogP contribution in [0.2, 0.25) is 0 Å². The summed E-state index contributed by atoms with van der Waals surface area (Å²) < 4.78 is 0. The van der Waals surface area contributed by atoms with E-state index >= 15 is 0 Å². The molecule has 3 atom stereocenters. The molecule has 5 rings (SSSR count). The Labute approximate surface area is 171 Å². The van der Waals surface area contributed by atoms with Gasteiger partial charge in [0.1, 0.15) is 5.65 Å². The maximum absolute atomic E-state index is 12.0. The normalized spacial score (nSPS) is 22.9. The number of pyridine rings is 2. The van der Waals surface area contributed by atoms with Crippen LogP contribution in [-0.4, -0.2) is 43.9 Å². The molecule has 0 aliphatic carbocycles. The standard InChI is InChI=1S/C20H21N7O3/c21-18(28)15-10-24-19-14(5-7-22-19)17(15)25-11-8-12-3-4-13(9-11)26(12)20-16(27(29)30)2-1-6-23-20/h1-2,5-7,10-13H,3-4,8-9H2,(H2,21,28)(H2,22,24,25)/t11?,12-,13+. The van der Waals surface area contributed by atoms with Crippen LogP contribution in [0.15, 0.2) is 36.8 Å². The Morgan fingerprint density at radius 2 is 2.03 bits per heavy atom. The van der Waals surface area contributed by atoms with E-state index in [4.69, 9.17) is 5.73 Å². The van der Waals surface area contributed by atoms with Gasteiger partial charge >= 0.3 is 5.69 Å². The van der Waals surface area contributed by atoms with Crippen molar-refractivity contribution in [2.24, 2.45) is 5.73 Å². The molecule has 5 heterocycles. The predicted molar refractivity (Wildman–Crippen MR) is 111 cm³/mol. The van der Waals surface area contributed by atoms with Crippen LogP contribution in [0, 0.1) is 10.1 Å². The smallest absolute Gasteiger partial charge is 0.311 e. The molecule has 0 aromatic carbocycles. The number of nitro groups is 1. The fourth-order valence-electron chi connectivity index (χ4n) is 4.92. The lowest BCUT2D eigenvalue weighted by atomic mass is 9.96. The number of amides is 1. The first-order chi connectivity index (χ1) is 14.5. The van der Waals surface area contributed by atoms with Crippen molar-refractivity contribution in [3.05, 3.63) is 52.5 Å². The Bertz CT molecular complexity index is 1130. The lowest BCUT2D eigenvalue weighted by Gasteiger charge is -2.40. The molecule has 4 N–H and O–H groups in total. The second kappa shape index (κ2) is 6.97. The van der Waals surface area contributed by atoms with Crippen LogP contribution in [0.25, 0.3) is 11.0 Å². The average Bonchev–Trinajstić information content (AvgIpc) is 3.30. The van der Waals surface area contributed by atoms with Crippen molar-refractivity contribution in [2.45, 2.75) is 43.8 Å². The van der Waals surface area contributed by atoms with E-state index in [2.05, 4.69) is 25.2 Å². The minimum Gasteiger partial charge on any atom is -0.381 e. The number of H-pyrrole nitrogens is 1. The van der Waals surface area contributed by atoms with Gasteiger partial charge in [-0.3, -0.25) is 14.9 Å². The highest BCUT2D eigenvalue weighted by Gasteiger charge is 2.43. The molecule has 3 aromatic heterocycles. The molecule has 154 valence electrons. The van der Waals surface area contributed by atoms with Crippen LogP contribution in [0.5, 0.6) is 0 Å². The fourth-order valence-corrected chi connectivity index (χ4v) is 4.92. The van der Waals surface area contributed by atoms with Gasteiger partial charge in [-0.15, -0.1) is 0 Å². The lowest BCUT2D eigenvalue weighted by Crippen LogP contribution is -2.47. The largest absolute Gasteiger partial charge is 0.381 e. The van der Waals surface area contributed by atoms with Crippen molar-refractivity contribution in [3.8, 4) is 0 Å². The van der Waals surface area contributed by atoms with Gasteiger partial charge in [-0.25, -0.2) is 9.97 Å². The number of aromatic nitrogens is 3. The number of rotatable bonds is 5. The van der Waals surface area contributed by atoms with Gasteiger partial charge in [0.15, 0.2) is 0 Å². The number of hydrogen-bond acceptors (Lipinski definition) is 7. The molecule has 2 bridgehead atoms. The summed E-state index contributed by atoms with van der Waals surface area (Å²) in [7, 11) is 0. The second-order valence-corrected chi connectivity index (χ2v) is 7.86. The second-order valence-electron chi connectivity index (χ2n) is 7.86. The summed E-state index contributed by atoms with van der Waals surface area (Å²) in [5, 5.41) is 15.8. The highest BCUT2D eigenvalue weighted by atomic mass is 16.6. The Kier molecular flexibility index (Phi) is 4.27. The van der Waals surface area contributed by atoms with E-state index in [0.29, 0.717) is 22.7 Å². The van der Waals surface area contributed by atoms with Crippen LogP contribution >= 0.6 is 0 Å². The Morgan fingerprint density at radius 3 is 2.73 bits per heavy atom. The highest BCUT2D eigenvalue weighted by Crippen LogP contribution is 2.42. The van der Waals surface area contributed by atoms with Gasteiger partial charge in [-0.2, -0.15) is 0 Å². The zero-order chi connectivity index (χ0) is 20.8. The average molecular weight is 407 g/mol. The number of carbonyl (C=O) groups excluding carboxylic acids is 1. The molecule has 10 heteroatoms. The third-order valence-corrected chi connectivity index (χ3v) is 6.14. The van der Waals surface area contributed by atoms with E-state index < -0.39 is 5.91 Å². The summed E-state index contributed by atoms with van der Waals surface area (Å²) >= 11 is 0. The number of fused-ring (bicyclic) bond motifs is 3. The molecule has 2 saturated heterocycles. The molecular weight excluding hydrogens is 386 g/mol. The van der Waals surface area contributed by atoms with Crippen LogP contribution in [0.1, 0.15) is 36.0 Å². The number of primary amides is 1. The zero-order valence-electron chi connectivity index (χ0n) is 16.1. The third-order valence-electron chi connectivity index (χ3n) is 6.14. The summed E-state index contributed by atoms with van der Waals surface area (Å²) in [6.07, 6.45) is 8.35. The lowest BCUT2D eigenvalue weighted by molar-refractivity contribution is -0.384. The summed E-state index contributed by atoms with van der Waals surface area (Å²) in [5.74, 6) is -0.0826. The fraction of sp³-hybridized carbons (Fsp3) is 0.350. The Balaban J connectivity index is 1.44. The van der Waals surface area contributed by atoms with Gasteiger partial charge < -0.3 is 20.9 Å². The zero-order valence-corrected chi connectivity index (χ0v) is 16.1. The molecule has 2 aliphatic rings. The number of nitrogens with zero attached hydrogens (tertiary/aromatic N) is 4. The maximum Gasteiger partial charge on any atom is 0.311 e. The quantitative estimate of drug-likeness (QED) is 0.435.